The van der Waals surface area contributed by atoms with Gasteiger partial charge in [0.25, 0.3) is 0 Å². The average Bonchev–Trinajstić information content (AvgIpc) is 3.35. The molecule has 0 atom stereocenters. The Balaban J connectivity index is 1.44. The third kappa shape index (κ3) is 5.10. The monoisotopic (exact) mass is 463 g/mol. The Kier molecular flexibility index (Phi) is 6.32. The van der Waals surface area contributed by atoms with Crippen molar-refractivity contribution in [1.29, 1.82) is 0 Å². The highest BCUT2D eigenvalue weighted by atomic mass is 16.4. The minimum Gasteiger partial charge on any atom is -0.481 e. The fraction of sp³-hybridized carbons (Fsp3) is 0.143. The summed E-state index contributed by atoms with van der Waals surface area (Å²) >= 11 is 0. The first-order valence-corrected chi connectivity index (χ1v) is 11.5. The summed E-state index contributed by atoms with van der Waals surface area (Å²) in [4.78, 5) is 27.9. The number of H-pyrrole nitrogens is 1. The zero-order chi connectivity index (χ0) is 24.2. The molecule has 0 amide bonds. The van der Waals surface area contributed by atoms with Crippen molar-refractivity contribution in [1.82, 2.24) is 25.3 Å². The van der Waals surface area contributed by atoms with Crippen LogP contribution in [0.2, 0.25) is 0 Å². The van der Waals surface area contributed by atoms with Gasteiger partial charge in [-0.05, 0) is 53.9 Å². The van der Waals surface area contributed by atoms with Gasteiger partial charge in [0.1, 0.15) is 5.65 Å². The molecule has 0 saturated carbocycles. The summed E-state index contributed by atoms with van der Waals surface area (Å²) in [6, 6.07) is 20.4. The number of aromatic amines is 1. The molecule has 4 heterocycles. The lowest BCUT2D eigenvalue weighted by Gasteiger charge is -2.10. The Bertz CT molecular complexity index is 1490. The van der Waals surface area contributed by atoms with Gasteiger partial charge in [-0.15, -0.1) is 0 Å². The van der Waals surface area contributed by atoms with Crippen molar-refractivity contribution >= 4 is 17.0 Å². The molecule has 0 unspecified atom stereocenters. The fourth-order valence-electron chi connectivity index (χ4n) is 4.08. The lowest BCUT2D eigenvalue weighted by atomic mass is 9.99. The molecular weight excluding hydrogens is 438 g/mol. The van der Waals surface area contributed by atoms with Crippen molar-refractivity contribution in [2.45, 2.75) is 19.9 Å². The molecule has 0 aliphatic carbocycles. The van der Waals surface area contributed by atoms with E-state index in [9.17, 15) is 4.79 Å². The van der Waals surface area contributed by atoms with Gasteiger partial charge in [0.15, 0.2) is 0 Å². The Labute approximate surface area is 202 Å². The summed E-state index contributed by atoms with van der Waals surface area (Å²) in [6.45, 7) is 3.05. The summed E-state index contributed by atoms with van der Waals surface area (Å²) in [6.07, 6.45) is 5.75. The summed E-state index contributed by atoms with van der Waals surface area (Å²) in [5, 5.41) is 12.9. The van der Waals surface area contributed by atoms with Crippen molar-refractivity contribution in [3.63, 3.8) is 0 Å². The molecule has 0 aliphatic rings. The maximum Gasteiger partial charge on any atom is 0.304 e. The number of pyridine rings is 3. The summed E-state index contributed by atoms with van der Waals surface area (Å²) in [5.41, 5.74) is 8.63. The van der Waals surface area contributed by atoms with Gasteiger partial charge in [0.05, 0.1) is 17.8 Å². The number of aryl methyl sites for hydroxylation is 1. The second-order valence-electron chi connectivity index (χ2n) is 8.44. The molecule has 0 bridgehead atoms. The van der Waals surface area contributed by atoms with Crippen molar-refractivity contribution < 1.29 is 9.90 Å². The van der Waals surface area contributed by atoms with Crippen LogP contribution in [0, 0.1) is 6.92 Å². The van der Waals surface area contributed by atoms with Gasteiger partial charge in [0.2, 0.25) is 0 Å². The number of hydrogen-bond acceptors (Lipinski definition) is 5. The topological polar surface area (TPSA) is 104 Å². The highest BCUT2D eigenvalue weighted by molar-refractivity contribution is 5.95. The summed E-state index contributed by atoms with van der Waals surface area (Å²) in [5.74, 6) is -0.798. The largest absolute Gasteiger partial charge is 0.481 e. The zero-order valence-corrected chi connectivity index (χ0v) is 19.3. The Morgan fingerprint density at radius 3 is 2.57 bits per heavy atom. The van der Waals surface area contributed by atoms with Crippen molar-refractivity contribution in [2.75, 3.05) is 6.54 Å². The van der Waals surface area contributed by atoms with Gasteiger partial charge < -0.3 is 15.4 Å². The van der Waals surface area contributed by atoms with E-state index in [2.05, 4.69) is 44.5 Å². The van der Waals surface area contributed by atoms with E-state index in [0.29, 0.717) is 13.1 Å². The molecule has 174 valence electrons. The van der Waals surface area contributed by atoms with E-state index in [0.717, 1.165) is 55.9 Å². The van der Waals surface area contributed by atoms with E-state index >= 15 is 0 Å². The summed E-state index contributed by atoms with van der Waals surface area (Å²) < 4.78 is 0. The third-order valence-electron chi connectivity index (χ3n) is 5.86. The number of benzene rings is 1. The fourth-order valence-corrected chi connectivity index (χ4v) is 4.08. The van der Waals surface area contributed by atoms with Crippen LogP contribution < -0.4 is 5.32 Å². The Hall–Kier alpha value is -4.36. The van der Waals surface area contributed by atoms with Crippen LogP contribution in [0.5, 0.6) is 0 Å². The number of aliphatic carboxylic acids is 1. The van der Waals surface area contributed by atoms with E-state index in [1.807, 2.05) is 61.9 Å². The maximum absolute atomic E-state index is 10.6. The second kappa shape index (κ2) is 9.87. The summed E-state index contributed by atoms with van der Waals surface area (Å²) in [7, 11) is 0. The lowest BCUT2D eigenvalue weighted by molar-refractivity contribution is -0.136. The van der Waals surface area contributed by atoms with Crippen LogP contribution in [-0.2, 0) is 11.3 Å². The molecule has 0 aliphatic heterocycles. The van der Waals surface area contributed by atoms with Gasteiger partial charge in [0, 0.05) is 53.9 Å². The van der Waals surface area contributed by atoms with E-state index in [1.165, 1.54) is 0 Å². The van der Waals surface area contributed by atoms with Crippen LogP contribution in [0.4, 0.5) is 0 Å². The van der Waals surface area contributed by atoms with Gasteiger partial charge >= 0.3 is 5.97 Å². The average molecular weight is 464 g/mol. The third-order valence-corrected chi connectivity index (χ3v) is 5.86. The predicted molar refractivity (Wildman–Crippen MR) is 137 cm³/mol. The molecule has 1 aromatic carbocycles. The number of fused-ring (bicyclic) bond motifs is 1. The van der Waals surface area contributed by atoms with Crippen LogP contribution in [0.1, 0.15) is 17.7 Å². The van der Waals surface area contributed by atoms with Gasteiger partial charge in [-0.3, -0.25) is 14.8 Å². The highest BCUT2D eigenvalue weighted by Gasteiger charge is 2.12. The van der Waals surface area contributed by atoms with Crippen LogP contribution in [0.3, 0.4) is 0 Å². The van der Waals surface area contributed by atoms with Gasteiger partial charge in [-0.25, -0.2) is 4.98 Å². The van der Waals surface area contributed by atoms with Crippen molar-refractivity contribution in [2.24, 2.45) is 0 Å². The molecule has 0 spiro atoms. The van der Waals surface area contributed by atoms with Crippen LogP contribution in [-0.4, -0.2) is 37.6 Å². The predicted octanol–water partition coefficient (Wildman–Crippen LogP) is 5.23. The van der Waals surface area contributed by atoms with Crippen LogP contribution in [0.15, 0.2) is 79.3 Å². The maximum atomic E-state index is 10.6. The zero-order valence-electron chi connectivity index (χ0n) is 19.3. The SMILES string of the molecule is Cc1cccc(-c2cc(-c3cncc(-c4ccc(CNCCC(=O)O)cc4)c3)c3cc[nH]c3n2)n1. The van der Waals surface area contributed by atoms with E-state index in [1.54, 1.807) is 0 Å². The Morgan fingerprint density at radius 1 is 0.943 bits per heavy atom. The van der Waals surface area contributed by atoms with E-state index < -0.39 is 5.97 Å². The number of hydrogen-bond donors (Lipinski definition) is 3. The van der Waals surface area contributed by atoms with E-state index in [4.69, 9.17) is 10.1 Å². The number of aromatic nitrogens is 4. The van der Waals surface area contributed by atoms with Gasteiger partial charge in [-0.1, -0.05) is 30.3 Å². The number of carbonyl (C=O) groups is 1. The molecule has 7 heteroatoms. The molecule has 4 aromatic heterocycles. The molecule has 35 heavy (non-hydrogen) atoms. The lowest BCUT2D eigenvalue weighted by Crippen LogP contribution is -2.17. The number of rotatable bonds is 8. The molecule has 0 fully saturated rings. The normalized spacial score (nSPS) is 11.1. The molecule has 3 N–H and O–H groups in total. The minimum absolute atomic E-state index is 0.113. The first-order valence-electron chi connectivity index (χ1n) is 11.5. The quantitative estimate of drug-likeness (QED) is 0.272. The first kappa shape index (κ1) is 22.4. The number of carboxylic acids is 1. The van der Waals surface area contributed by atoms with Crippen LogP contribution >= 0.6 is 0 Å². The second-order valence-corrected chi connectivity index (χ2v) is 8.44. The van der Waals surface area contributed by atoms with E-state index in [-0.39, 0.29) is 6.42 Å². The number of nitrogens with one attached hydrogen (secondary N) is 2. The van der Waals surface area contributed by atoms with Crippen molar-refractivity contribution in [3.05, 3.63) is 90.5 Å². The molecule has 5 aromatic rings. The molecule has 5 rings (SSSR count). The number of nitrogens with zero attached hydrogens (tertiary/aromatic N) is 3. The van der Waals surface area contributed by atoms with Gasteiger partial charge in [-0.2, -0.15) is 0 Å². The minimum atomic E-state index is -0.798. The first-order chi connectivity index (χ1) is 17.1. The smallest absolute Gasteiger partial charge is 0.304 e. The molecular formula is C28H25N5O2. The molecule has 0 saturated heterocycles. The highest BCUT2D eigenvalue weighted by Crippen LogP contribution is 2.33. The standard InChI is InChI=1S/C28H25N5O2/c1-18-3-2-4-25(32-18)26-14-24(23-9-12-31-28(23)33-26)22-13-21(16-30-17-22)20-7-5-19(6-8-20)15-29-11-10-27(34)35/h2-9,12-14,16-17,29H,10-11,15H2,1H3,(H,31,33)(H,34,35). The Morgan fingerprint density at radius 2 is 1.77 bits per heavy atom. The molecule has 7 nitrogen and oxygen atoms in total. The number of carboxylic acid groups (broad SMARTS) is 1. The molecule has 0 radical (unpaired) electrons. The van der Waals surface area contributed by atoms with Crippen LogP contribution in [0.25, 0.3) is 44.7 Å². The van der Waals surface area contributed by atoms with Crippen molar-refractivity contribution in [3.8, 4) is 33.6 Å².